The van der Waals surface area contributed by atoms with Crippen molar-refractivity contribution in [3.05, 3.63) is 78.9 Å². The number of carbonyl (C=O) groups excluding carboxylic acids is 1. The lowest BCUT2D eigenvalue weighted by molar-refractivity contribution is -0.159. The predicted molar refractivity (Wildman–Crippen MR) is 133 cm³/mol. The minimum absolute atomic E-state index is 0.136. The SMILES string of the molecule is CCC(=O)N(c1ccccc1)C1(c2ccccn2)CCN(CCn2cccn2)CC1.O=C(O)C(=O)O. The van der Waals surface area contributed by atoms with Crippen LogP contribution in [0.3, 0.4) is 0 Å². The van der Waals surface area contributed by atoms with Crippen LogP contribution in [0.4, 0.5) is 5.69 Å². The van der Waals surface area contributed by atoms with E-state index < -0.39 is 17.5 Å². The summed E-state index contributed by atoms with van der Waals surface area (Å²) in [5.74, 6) is -3.51. The van der Waals surface area contributed by atoms with Gasteiger partial charge in [0.25, 0.3) is 0 Å². The van der Waals surface area contributed by atoms with Gasteiger partial charge in [0.05, 0.1) is 17.8 Å². The van der Waals surface area contributed by atoms with Gasteiger partial charge >= 0.3 is 11.9 Å². The summed E-state index contributed by atoms with van der Waals surface area (Å²) < 4.78 is 1.97. The zero-order valence-corrected chi connectivity index (χ0v) is 20.2. The molecule has 1 amide bonds. The molecular formula is C26H31N5O5. The van der Waals surface area contributed by atoms with Gasteiger partial charge in [0.1, 0.15) is 0 Å². The molecule has 0 unspecified atom stereocenters. The minimum Gasteiger partial charge on any atom is -0.473 e. The first-order valence-electron chi connectivity index (χ1n) is 11.8. The molecule has 0 saturated carbocycles. The standard InChI is InChI=1S/C24H29N5O.C2H2O4/c1-2-23(30)29(21-9-4-3-5-10-21)24(22-11-6-7-14-25-22)12-17-27(18-13-24)19-20-28-16-8-15-26-28;3-1(4)2(5)6/h3-11,14-16H,2,12-13,17-20H2,1H3;(H,3,4)(H,5,6). The van der Waals surface area contributed by atoms with Gasteiger partial charge < -0.3 is 20.0 Å². The number of carboxylic acids is 2. The van der Waals surface area contributed by atoms with Crippen molar-refractivity contribution < 1.29 is 24.6 Å². The maximum atomic E-state index is 13.2. The van der Waals surface area contributed by atoms with E-state index in [4.69, 9.17) is 24.8 Å². The van der Waals surface area contributed by atoms with Gasteiger partial charge in [0.15, 0.2) is 0 Å². The number of carboxylic acid groups (broad SMARTS) is 2. The molecule has 10 nitrogen and oxygen atoms in total. The van der Waals surface area contributed by atoms with Crippen LogP contribution >= 0.6 is 0 Å². The van der Waals surface area contributed by atoms with E-state index >= 15 is 0 Å². The van der Waals surface area contributed by atoms with Gasteiger partial charge in [-0.3, -0.25) is 14.5 Å². The second kappa shape index (κ2) is 12.6. The molecule has 0 radical (unpaired) electrons. The molecule has 2 aromatic heterocycles. The maximum Gasteiger partial charge on any atom is 0.414 e. The number of hydrogen-bond donors (Lipinski definition) is 2. The first-order valence-corrected chi connectivity index (χ1v) is 11.8. The Balaban J connectivity index is 0.000000538. The summed E-state index contributed by atoms with van der Waals surface area (Å²) >= 11 is 0. The molecular weight excluding hydrogens is 462 g/mol. The number of amides is 1. The number of aromatic nitrogens is 3. The van der Waals surface area contributed by atoms with Gasteiger partial charge in [0.2, 0.25) is 5.91 Å². The quantitative estimate of drug-likeness (QED) is 0.481. The van der Waals surface area contributed by atoms with Crippen LogP contribution in [0.15, 0.2) is 73.2 Å². The van der Waals surface area contributed by atoms with Crippen LogP contribution < -0.4 is 4.90 Å². The van der Waals surface area contributed by atoms with Crippen LogP contribution in [0.2, 0.25) is 0 Å². The first kappa shape index (κ1) is 26.6. The van der Waals surface area contributed by atoms with E-state index in [2.05, 4.69) is 16.1 Å². The van der Waals surface area contributed by atoms with Crippen molar-refractivity contribution in [2.45, 2.75) is 38.3 Å². The number of aliphatic carboxylic acids is 2. The molecule has 0 atom stereocenters. The number of nitrogens with zero attached hydrogens (tertiary/aromatic N) is 5. The lowest BCUT2D eigenvalue weighted by atomic mass is 9.81. The van der Waals surface area contributed by atoms with Gasteiger partial charge in [-0.25, -0.2) is 9.59 Å². The molecule has 3 heterocycles. The zero-order chi connectivity index (χ0) is 26.0. The smallest absolute Gasteiger partial charge is 0.414 e. The molecule has 3 aromatic rings. The predicted octanol–water partition coefficient (Wildman–Crippen LogP) is 2.87. The maximum absolute atomic E-state index is 13.2. The summed E-state index contributed by atoms with van der Waals surface area (Å²) in [5.41, 5.74) is 1.49. The molecule has 0 bridgehead atoms. The summed E-state index contributed by atoms with van der Waals surface area (Å²) in [4.78, 5) is 40.6. The molecule has 1 aliphatic rings. The Morgan fingerprint density at radius 1 is 0.917 bits per heavy atom. The Morgan fingerprint density at radius 2 is 1.58 bits per heavy atom. The molecule has 1 saturated heterocycles. The summed E-state index contributed by atoms with van der Waals surface area (Å²) in [6.45, 7) is 5.59. The number of hydrogen-bond acceptors (Lipinski definition) is 6. The Hall–Kier alpha value is -4.05. The third-order valence-electron chi connectivity index (χ3n) is 6.21. The molecule has 2 N–H and O–H groups in total. The van der Waals surface area contributed by atoms with Crippen molar-refractivity contribution in [2.75, 3.05) is 24.5 Å². The van der Waals surface area contributed by atoms with E-state index in [-0.39, 0.29) is 5.91 Å². The van der Waals surface area contributed by atoms with E-state index in [0.29, 0.717) is 6.42 Å². The molecule has 36 heavy (non-hydrogen) atoms. The van der Waals surface area contributed by atoms with Crippen molar-refractivity contribution in [1.29, 1.82) is 0 Å². The fraction of sp³-hybridized carbons (Fsp3) is 0.346. The monoisotopic (exact) mass is 493 g/mol. The molecule has 1 fully saturated rings. The number of benzene rings is 1. The van der Waals surface area contributed by atoms with Crippen molar-refractivity contribution in [2.24, 2.45) is 0 Å². The first-order chi connectivity index (χ1) is 17.4. The van der Waals surface area contributed by atoms with Crippen molar-refractivity contribution in [3.63, 3.8) is 0 Å². The second-order valence-electron chi connectivity index (χ2n) is 8.39. The van der Waals surface area contributed by atoms with Gasteiger partial charge in [0, 0.05) is 50.3 Å². The lowest BCUT2D eigenvalue weighted by Gasteiger charge is -2.48. The van der Waals surface area contributed by atoms with E-state index in [0.717, 1.165) is 50.4 Å². The molecule has 190 valence electrons. The highest BCUT2D eigenvalue weighted by atomic mass is 16.4. The Bertz CT molecular complexity index is 1100. The topological polar surface area (TPSA) is 129 Å². The number of likely N-dealkylation sites (tertiary alicyclic amines) is 1. The molecule has 1 aliphatic heterocycles. The van der Waals surface area contributed by atoms with Gasteiger partial charge in [-0.15, -0.1) is 0 Å². The van der Waals surface area contributed by atoms with Crippen LogP contribution in [-0.2, 0) is 26.5 Å². The number of para-hydroxylation sites is 1. The molecule has 4 rings (SSSR count). The third kappa shape index (κ3) is 6.54. The normalized spacial score (nSPS) is 14.8. The second-order valence-corrected chi connectivity index (χ2v) is 8.39. The Labute approximate surface area is 209 Å². The molecule has 0 spiro atoms. The third-order valence-corrected chi connectivity index (χ3v) is 6.21. The highest BCUT2D eigenvalue weighted by Crippen LogP contribution is 2.41. The fourth-order valence-corrected chi connectivity index (χ4v) is 4.42. The summed E-state index contributed by atoms with van der Waals surface area (Å²) in [6.07, 6.45) is 7.82. The van der Waals surface area contributed by atoms with Crippen LogP contribution in [0, 0.1) is 0 Å². The van der Waals surface area contributed by atoms with Crippen LogP contribution in [-0.4, -0.2) is 67.4 Å². The van der Waals surface area contributed by atoms with Gasteiger partial charge in [-0.05, 0) is 43.2 Å². The average molecular weight is 494 g/mol. The van der Waals surface area contributed by atoms with Crippen LogP contribution in [0.1, 0.15) is 31.9 Å². The Kier molecular flexibility index (Phi) is 9.29. The number of carbonyl (C=O) groups is 3. The molecule has 10 heteroatoms. The van der Waals surface area contributed by atoms with Crippen molar-refractivity contribution in [3.8, 4) is 0 Å². The summed E-state index contributed by atoms with van der Waals surface area (Å²) in [7, 11) is 0. The van der Waals surface area contributed by atoms with E-state index in [1.54, 1.807) is 0 Å². The Morgan fingerprint density at radius 3 is 2.11 bits per heavy atom. The lowest BCUT2D eigenvalue weighted by Crippen LogP contribution is -2.56. The summed E-state index contributed by atoms with van der Waals surface area (Å²) in [6, 6.07) is 18.0. The van der Waals surface area contributed by atoms with E-state index in [1.807, 2.05) is 83.6 Å². The van der Waals surface area contributed by atoms with Crippen molar-refractivity contribution >= 4 is 23.5 Å². The van der Waals surface area contributed by atoms with Gasteiger partial charge in [-0.1, -0.05) is 31.2 Å². The highest BCUT2D eigenvalue weighted by molar-refractivity contribution is 6.27. The highest BCUT2D eigenvalue weighted by Gasteiger charge is 2.45. The van der Waals surface area contributed by atoms with Crippen LogP contribution in [0.5, 0.6) is 0 Å². The summed E-state index contributed by atoms with van der Waals surface area (Å²) in [5, 5.41) is 19.1. The van der Waals surface area contributed by atoms with Gasteiger partial charge in [-0.2, -0.15) is 5.10 Å². The van der Waals surface area contributed by atoms with E-state index in [1.165, 1.54) is 0 Å². The fourth-order valence-electron chi connectivity index (χ4n) is 4.42. The molecule has 1 aromatic carbocycles. The average Bonchev–Trinajstić information content (AvgIpc) is 3.43. The van der Waals surface area contributed by atoms with Crippen molar-refractivity contribution in [1.82, 2.24) is 19.7 Å². The van der Waals surface area contributed by atoms with Crippen LogP contribution in [0.25, 0.3) is 0 Å². The molecule has 0 aliphatic carbocycles. The number of piperidine rings is 1. The largest absolute Gasteiger partial charge is 0.473 e. The number of rotatable bonds is 7. The number of pyridine rings is 1. The van der Waals surface area contributed by atoms with E-state index in [9.17, 15) is 4.79 Å². The zero-order valence-electron chi connectivity index (χ0n) is 20.2. The number of anilines is 1. The minimum atomic E-state index is -1.82.